The number of carbonyl (C=O) groups excluding carboxylic acids is 2. The van der Waals surface area contributed by atoms with E-state index in [1.54, 1.807) is 0 Å². The largest absolute Gasteiger partial charge is 0.381 e. The van der Waals surface area contributed by atoms with E-state index in [1.165, 1.54) is 88.0 Å². The van der Waals surface area contributed by atoms with Crippen LogP contribution in [0.5, 0.6) is 0 Å². The number of hydrazine groups is 1. The van der Waals surface area contributed by atoms with Gasteiger partial charge in [-0.05, 0) is 30.5 Å². The van der Waals surface area contributed by atoms with E-state index >= 15 is 0 Å². The maximum Gasteiger partial charge on any atom is 0.333 e. The summed E-state index contributed by atoms with van der Waals surface area (Å²) in [6.07, 6.45) is 14.0. The predicted octanol–water partition coefficient (Wildman–Crippen LogP) is 6.74. The van der Waals surface area contributed by atoms with Crippen molar-refractivity contribution < 1.29 is 14.3 Å². The number of anilines is 2. The second-order valence-electron chi connectivity index (χ2n) is 9.21. The highest BCUT2D eigenvalue weighted by Gasteiger charge is 2.07. The molecule has 0 radical (unpaired) electrons. The summed E-state index contributed by atoms with van der Waals surface area (Å²) in [7, 11) is 0. The van der Waals surface area contributed by atoms with E-state index in [9.17, 15) is 9.59 Å². The van der Waals surface area contributed by atoms with E-state index in [0.29, 0.717) is 29.2 Å². The minimum atomic E-state index is -0.320. The normalized spacial score (nSPS) is 10.8. The summed E-state index contributed by atoms with van der Waals surface area (Å²) < 4.78 is 9.97. The number of thioether (sulfide) groups is 1. The molecule has 0 fully saturated rings. The monoisotopic (exact) mass is 564 g/mol. The Bertz CT molecular complexity index is 928. The highest BCUT2D eigenvalue weighted by atomic mass is 32.2. The third-order valence-electron chi connectivity index (χ3n) is 5.70. The molecule has 1 aromatic heterocycles. The lowest BCUT2D eigenvalue weighted by molar-refractivity contribution is -0.114. The molecule has 38 heavy (non-hydrogen) atoms. The summed E-state index contributed by atoms with van der Waals surface area (Å²) in [6.45, 7) is 5.73. The van der Waals surface area contributed by atoms with E-state index in [0.717, 1.165) is 30.7 Å². The Hall–Kier alpha value is -2.37. The van der Waals surface area contributed by atoms with Gasteiger partial charge in [0.2, 0.25) is 16.2 Å². The minimum absolute atomic E-state index is 0.101. The maximum absolute atomic E-state index is 12.0. The van der Waals surface area contributed by atoms with Crippen molar-refractivity contribution in [3.8, 4) is 0 Å². The Morgan fingerprint density at radius 1 is 0.974 bits per heavy atom. The average Bonchev–Trinajstić information content (AvgIpc) is 3.36. The van der Waals surface area contributed by atoms with Gasteiger partial charge in [0.1, 0.15) is 0 Å². The molecule has 2 aromatic rings. The van der Waals surface area contributed by atoms with Crippen LogP contribution in [0.3, 0.4) is 0 Å². The molecule has 0 bridgehead atoms. The molecule has 1 heterocycles. The first kappa shape index (κ1) is 31.8. The van der Waals surface area contributed by atoms with Gasteiger partial charge in [0.15, 0.2) is 0 Å². The topological polar surface area (TPSA) is 117 Å². The molecule has 0 aliphatic carbocycles. The molecule has 9 nitrogen and oxygen atoms in total. The third kappa shape index (κ3) is 15.8. The zero-order valence-electron chi connectivity index (χ0n) is 22.9. The van der Waals surface area contributed by atoms with Crippen molar-refractivity contribution in [3.63, 3.8) is 0 Å². The summed E-state index contributed by atoms with van der Waals surface area (Å²) in [5.74, 6) is 0.565. The van der Waals surface area contributed by atoms with Gasteiger partial charge in [0.05, 0.1) is 0 Å². The molecule has 0 saturated carbocycles. The van der Waals surface area contributed by atoms with Crippen LogP contribution in [-0.2, 0) is 15.3 Å². The van der Waals surface area contributed by atoms with Crippen molar-refractivity contribution >= 4 is 46.1 Å². The third-order valence-corrected chi connectivity index (χ3v) is 7.36. The Kier molecular flexibility index (Phi) is 17.2. The van der Waals surface area contributed by atoms with E-state index < -0.39 is 0 Å². The Morgan fingerprint density at radius 2 is 1.68 bits per heavy atom. The second-order valence-corrected chi connectivity index (χ2v) is 10.9. The average molecular weight is 565 g/mol. The van der Waals surface area contributed by atoms with Crippen LogP contribution in [0.15, 0.2) is 29.4 Å². The molecule has 1 aromatic carbocycles. The van der Waals surface area contributed by atoms with Gasteiger partial charge in [-0.1, -0.05) is 88.6 Å². The maximum atomic E-state index is 12.0. The Balaban J connectivity index is 1.44. The van der Waals surface area contributed by atoms with E-state index in [4.69, 9.17) is 4.74 Å². The summed E-state index contributed by atoms with van der Waals surface area (Å²) in [6, 6.07) is 7.34. The van der Waals surface area contributed by atoms with Gasteiger partial charge in [-0.2, -0.15) is 9.36 Å². The minimum Gasteiger partial charge on any atom is -0.381 e. The number of amides is 3. The molecular formula is C27H44N6O3S2. The molecule has 2 rings (SSSR count). The van der Waals surface area contributed by atoms with Crippen LogP contribution in [0.4, 0.5) is 15.6 Å². The van der Waals surface area contributed by atoms with Crippen molar-refractivity contribution in [2.75, 3.05) is 30.5 Å². The SMILES string of the molecule is CCCCCCCCCCCCOCCCNC(=O)NNc1nc(SCc2cccc(NC(C)=O)c2)ns1. The highest BCUT2D eigenvalue weighted by molar-refractivity contribution is 7.98. The number of aromatic nitrogens is 2. The summed E-state index contributed by atoms with van der Waals surface area (Å²) in [4.78, 5) is 27.6. The fourth-order valence-electron chi connectivity index (χ4n) is 3.73. The number of urea groups is 1. The number of ether oxygens (including phenoxy) is 1. The summed E-state index contributed by atoms with van der Waals surface area (Å²) in [5.41, 5.74) is 7.18. The molecule has 0 saturated heterocycles. The molecule has 0 atom stereocenters. The number of hydrogen-bond acceptors (Lipinski definition) is 8. The van der Waals surface area contributed by atoms with Crippen LogP contribution in [0.1, 0.15) is 90.0 Å². The van der Waals surface area contributed by atoms with Crippen molar-refractivity contribution in [1.82, 2.24) is 20.1 Å². The quantitative estimate of drug-likeness (QED) is 0.0753. The van der Waals surface area contributed by atoms with Crippen LogP contribution < -0.4 is 21.5 Å². The zero-order valence-corrected chi connectivity index (χ0v) is 24.5. The first-order valence-corrected chi connectivity index (χ1v) is 15.5. The van der Waals surface area contributed by atoms with Crippen molar-refractivity contribution in [3.05, 3.63) is 29.8 Å². The number of rotatable bonds is 21. The van der Waals surface area contributed by atoms with Crippen molar-refractivity contribution in [2.24, 2.45) is 0 Å². The van der Waals surface area contributed by atoms with E-state index in [2.05, 4.69) is 37.8 Å². The van der Waals surface area contributed by atoms with Gasteiger partial charge in [-0.25, -0.2) is 10.2 Å². The fraction of sp³-hybridized carbons (Fsp3) is 0.630. The second kappa shape index (κ2) is 20.6. The van der Waals surface area contributed by atoms with Crippen LogP contribution in [0.2, 0.25) is 0 Å². The first-order valence-electron chi connectivity index (χ1n) is 13.8. The lowest BCUT2D eigenvalue weighted by Gasteiger charge is -2.08. The summed E-state index contributed by atoms with van der Waals surface area (Å²) >= 11 is 2.66. The summed E-state index contributed by atoms with van der Waals surface area (Å²) in [5, 5.41) is 6.70. The molecule has 3 amide bonds. The van der Waals surface area contributed by atoms with E-state index in [1.807, 2.05) is 24.3 Å². The van der Waals surface area contributed by atoms with Gasteiger partial charge in [-0.15, -0.1) is 0 Å². The molecule has 4 N–H and O–H groups in total. The predicted molar refractivity (Wildman–Crippen MR) is 158 cm³/mol. The van der Waals surface area contributed by atoms with Gasteiger partial charge in [0, 0.05) is 49.7 Å². The molecule has 0 unspecified atom stereocenters. The van der Waals surface area contributed by atoms with Crippen LogP contribution >= 0.6 is 23.3 Å². The van der Waals surface area contributed by atoms with Gasteiger partial charge in [0.25, 0.3) is 0 Å². The Labute approximate surface area is 235 Å². The lowest BCUT2D eigenvalue weighted by Crippen LogP contribution is -2.39. The van der Waals surface area contributed by atoms with Gasteiger partial charge < -0.3 is 15.4 Å². The molecular weight excluding hydrogens is 520 g/mol. The number of benzene rings is 1. The van der Waals surface area contributed by atoms with Crippen LogP contribution in [-0.4, -0.2) is 41.1 Å². The highest BCUT2D eigenvalue weighted by Crippen LogP contribution is 2.24. The van der Waals surface area contributed by atoms with E-state index in [-0.39, 0.29) is 11.9 Å². The van der Waals surface area contributed by atoms with Gasteiger partial charge >= 0.3 is 6.03 Å². The number of nitrogens with one attached hydrogen (secondary N) is 4. The van der Waals surface area contributed by atoms with Crippen LogP contribution in [0.25, 0.3) is 0 Å². The number of carbonyl (C=O) groups is 2. The molecule has 0 aliphatic heterocycles. The standard InChI is InChI=1S/C27H44N6O3S2/c1-3-4-5-6-7-8-9-10-11-12-18-36-19-14-17-28-25(35)31-32-26-30-27(33-38-26)37-21-23-15-13-16-24(20-23)29-22(2)34/h13,15-16,20H,3-12,14,17-19,21H2,1-2H3,(H,29,34)(H2,28,31,35)(H,30,32,33). The number of nitrogens with zero attached hydrogens (tertiary/aromatic N) is 2. The number of unbranched alkanes of at least 4 members (excludes halogenated alkanes) is 9. The first-order chi connectivity index (χ1) is 18.6. The number of hydrogen-bond donors (Lipinski definition) is 4. The molecule has 212 valence electrons. The molecule has 0 spiro atoms. The van der Waals surface area contributed by atoms with Crippen LogP contribution in [0, 0.1) is 0 Å². The van der Waals surface area contributed by atoms with Crippen molar-refractivity contribution in [2.45, 2.75) is 95.4 Å². The molecule has 11 heteroatoms. The fourth-order valence-corrected chi connectivity index (χ4v) is 5.17. The van der Waals surface area contributed by atoms with Gasteiger partial charge in [-0.3, -0.25) is 10.2 Å². The smallest absolute Gasteiger partial charge is 0.333 e. The molecule has 0 aliphatic rings. The Morgan fingerprint density at radius 3 is 2.42 bits per heavy atom. The zero-order chi connectivity index (χ0) is 27.3. The van der Waals surface area contributed by atoms with Crippen molar-refractivity contribution in [1.29, 1.82) is 0 Å². The lowest BCUT2D eigenvalue weighted by atomic mass is 10.1.